The van der Waals surface area contributed by atoms with Crippen molar-refractivity contribution in [1.82, 2.24) is 0 Å². The molecule has 4 bridgehead atoms. The van der Waals surface area contributed by atoms with Gasteiger partial charge in [-0.25, -0.2) is 0 Å². The number of aliphatic hydroxyl groups is 1. The Balaban J connectivity index is 1.64. The van der Waals surface area contributed by atoms with Crippen molar-refractivity contribution >= 4 is 11.6 Å². The molecule has 0 saturated heterocycles. The molecule has 0 amide bonds. The van der Waals surface area contributed by atoms with E-state index in [-0.39, 0.29) is 40.2 Å². The smallest absolute Gasteiger partial charge is 0.153 e. The standard InChI is InChI=1S/C19H24O3/c1-9-10-4-7-19-13(17(10,2)6-5-12(9)20)8-11-14(15(19)21)18(11,3)16(19)22/h10-14,20H,1,4-8H2,2-3H3/t10-,11-,12+,13+,14?,17-,18-,19+/m1/s1. The van der Waals surface area contributed by atoms with E-state index in [9.17, 15) is 14.7 Å². The van der Waals surface area contributed by atoms with Gasteiger partial charge < -0.3 is 5.11 Å². The third-order valence-corrected chi connectivity index (χ3v) is 8.66. The lowest BCUT2D eigenvalue weighted by Crippen LogP contribution is -2.61. The molecule has 6 saturated carbocycles. The third kappa shape index (κ3) is 1.04. The maximum Gasteiger partial charge on any atom is 0.153 e. The van der Waals surface area contributed by atoms with Crippen LogP contribution in [0.3, 0.4) is 0 Å². The highest BCUT2D eigenvalue weighted by Gasteiger charge is 2.87. The van der Waals surface area contributed by atoms with Crippen molar-refractivity contribution < 1.29 is 14.7 Å². The molecular weight excluding hydrogens is 276 g/mol. The molecule has 8 atom stereocenters. The summed E-state index contributed by atoms with van der Waals surface area (Å²) < 4.78 is 0. The molecule has 1 N–H and O–H groups in total. The minimum absolute atomic E-state index is 0.0330. The van der Waals surface area contributed by atoms with Crippen molar-refractivity contribution in [2.45, 2.75) is 52.1 Å². The Bertz CT molecular complexity index is 651. The summed E-state index contributed by atoms with van der Waals surface area (Å²) in [6.07, 6.45) is 3.82. The Morgan fingerprint density at radius 1 is 1.18 bits per heavy atom. The minimum Gasteiger partial charge on any atom is -0.389 e. The van der Waals surface area contributed by atoms with Gasteiger partial charge in [0.2, 0.25) is 0 Å². The van der Waals surface area contributed by atoms with Crippen molar-refractivity contribution in [3.63, 3.8) is 0 Å². The normalized spacial score (nSPS) is 61.8. The first-order chi connectivity index (χ1) is 10.3. The van der Waals surface area contributed by atoms with E-state index in [1.54, 1.807) is 0 Å². The average molecular weight is 300 g/mol. The summed E-state index contributed by atoms with van der Waals surface area (Å²) in [6.45, 7) is 8.46. The maximum atomic E-state index is 13.2. The Morgan fingerprint density at radius 2 is 1.91 bits per heavy atom. The van der Waals surface area contributed by atoms with Crippen LogP contribution < -0.4 is 0 Å². The Morgan fingerprint density at radius 3 is 2.55 bits per heavy atom. The second-order valence-electron chi connectivity index (χ2n) is 9.05. The summed E-state index contributed by atoms with van der Waals surface area (Å²) in [6, 6.07) is 0. The van der Waals surface area contributed by atoms with E-state index in [0.29, 0.717) is 12.3 Å². The zero-order chi connectivity index (χ0) is 15.7. The lowest BCUT2D eigenvalue weighted by molar-refractivity contribution is -0.167. The van der Waals surface area contributed by atoms with E-state index in [0.717, 1.165) is 31.3 Å². The molecule has 1 unspecified atom stereocenters. The number of fused-ring (bicyclic) bond motifs is 1. The van der Waals surface area contributed by atoms with Gasteiger partial charge in [0, 0.05) is 11.3 Å². The Labute approximate surface area is 131 Å². The van der Waals surface area contributed by atoms with Gasteiger partial charge in [-0.1, -0.05) is 20.4 Å². The van der Waals surface area contributed by atoms with Gasteiger partial charge in [-0.2, -0.15) is 0 Å². The first-order valence-corrected chi connectivity index (χ1v) is 8.75. The van der Waals surface area contributed by atoms with Crippen LogP contribution in [0.1, 0.15) is 46.0 Å². The van der Waals surface area contributed by atoms with E-state index >= 15 is 0 Å². The van der Waals surface area contributed by atoms with Gasteiger partial charge >= 0.3 is 0 Å². The number of carbonyl (C=O) groups excluding carboxylic acids is 2. The first-order valence-electron chi connectivity index (χ1n) is 8.75. The summed E-state index contributed by atoms with van der Waals surface area (Å²) >= 11 is 0. The molecule has 3 heteroatoms. The fourth-order valence-corrected chi connectivity index (χ4v) is 7.41. The van der Waals surface area contributed by atoms with Crippen LogP contribution in [0.2, 0.25) is 0 Å². The summed E-state index contributed by atoms with van der Waals surface area (Å²) in [5, 5.41) is 10.2. The third-order valence-electron chi connectivity index (χ3n) is 8.66. The number of carbonyl (C=O) groups is 2. The van der Waals surface area contributed by atoms with Gasteiger partial charge in [0.05, 0.1) is 11.5 Å². The van der Waals surface area contributed by atoms with Crippen molar-refractivity contribution in [2.75, 3.05) is 0 Å². The van der Waals surface area contributed by atoms with Crippen LogP contribution in [0, 0.1) is 39.9 Å². The number of hydrogen-bond acceptors (Lipinski definition) is 3. The van der Waals surface area contributed by atoms with E-state index < -0.39 is 11.5 Å². The van der Waals surface area contributed by atoms with Crippen LogP contribution in [0.25, 0.3) is 0 Å². The highest BCUT2D eigenvalue weighted by atomic mass is 16.3. The molecule has 0 aromatic rings. The van der Waals surface area contributed by atoms with E-state index in [4.69, 9.17) is 0 Å². The van der Waals surface area contributed by atoms with Gasteiger partial charge in [0.25, 0.3) is 0 Å². The lowest BCUT2D eigenvalue weighted by atomic mass is 9.42. The Kier molecular flexibility index (Phi) is 2.10. The molecular formula is C19H24O3. The van der Waals surface area contributed by atoms with Gasteiger partial charge in [0.1, 0.15) is 0 Å². The summed E-state index contributed by atoms with van der Waals surface area (Å²) in [7, 11) is 0. The monoisotopic (exact) mass is 300 g/mol. The molecule has 0 aromatic carbocycles. The fourth-order valence-electron chi connectivity index (χ4n) is 7.41. The van der Waals surface area contributed by atoms with Crippen LogP contribution in [-0.2, 0) is 9.59 Å². The van der Waals surface area contributed by atoms with Gasteiger partial charge in [-0.15, -0.1) is 0 Å². The van der Waals surface area contributed by atoms with Crippen LogP contribution >= 0.6 is 0 Å². The largest absolute Gasteiger partial charge is 0.389 e. The van der Waals surface area contributed by atoms with Crippen molar-refractivity contribution in [3.8, 4) is 0 Å². The minimum atomic E-state index is -0.679. The molecule has 6 fully saturated rings. The summed E-state index contributed by atoms with van der Waals surface area (Å²) in [5.41, 5.74) is -0.0813. The second-order valence-corrected chi connectivity index (χ2v) is 9.05. The van der Waals surface area contributed by atoms with Gasteiger partial charge in [-0.05, 0) is 60.8 Å². The van der Waals surface area contributed by atoms with Crippen molar-refractivity contribution in [2.24, 2.45) is 39.9 Å². The highest BCUT2D eigenvalue weighted by Crippen LogP contribution is 2.81. The summed E-state index contributed by atoms with van der Waals surface area (Å²) in [5.74, 6) is 1.34. The molecule has 6 rings (SSSR count). The van der Waals surface area contributed by atoms with Crippen molar-refractivity contribution in [1.29, 1.82) is 0 Å². The van der Waals surface area contributed by atoms with E-state index in [2.05, 4.69) is 13.5 Å². The van der Waals surface area contributed by atoms with Gasteiger partial charge in [0.15, 0.2) is 11.6 Å². The molecule has 118 valence electrons. The quantitative estimate of drug-likeness (QED) is 0.552. The van der Waals surface area contributed by atoms with E-state index in [1.165, 1.54) is 0 Å². The SMILES string of the molecule is C=C1[C@H]2CC[C@@]34C(=O)C5[C@@H](C[C@H]3[C@]2(C)CC[C@@H]1O)[C@@]5(C)C4=O. The van der Waals surface area contributed by atoms with Crippen LogP contribution in [-0.4, -0.2) is 22.8 Å². The van der Waals surface area contributed by atoms with Crippen LogP contribution in [0.15, 0.2) is 12.2 Å². The van der Waals surface area contributed by atoms with Crippen LogP contribution in [0.5, 0.6) is 0 Å². The molecule has 0 aromatic heterocycles. The van der Waals surface area contributed by atoms with Crippen molar-refractivity contribution in [3.05, 3.63) is 12.2 Å². The molecule has 0 heterocycles. The zero-order valence-electron chi connectivity index (χ0n) is 13.4. The van der Waals surface area contributed by atoms with E-state index in [1.807, 2.05) is 6.92 Å². The number of hydrogen-bond donors (Lipinski definition) is 1. The fraction of sp³-hybridized carbons (Fsp3) is 0.789. The zero-order valence-corrected chi connectivity index (χ0v) is 13.4. The predicted molar refractivity (Wildman–Crippen MR) is 80.9 cm³/mol. The van der Waals surface area contributed by atoms with Crippen LogP contribution in [0.4, 0.5) is 0 Å². The number of ketones is 2. The average Bonchev–Trinajstić information content (AvgIpc) is 3.07. The number of rotatable bonds is 0. The second kappa shape index (κ2) is 3.43. The molecule has 22 heavy (non-hydrogen) atoms. The molecule has 1 spiro atoms. The first kappa shape index (κ1) is 13.5. The lowest BCUT2D eigenvalue weighted by Gasteiger charge is -2.60. The molecule has 6 aliphatic rings. The van der Waals surface area contributed by atoms with Gasteiger partial charge in [-0.3, -0.25) is 9.59 Å². The molecule has 0 aliphatic heterocycles. The molecule has 0 radical (unpaired) electrons. The molecule has 6 aliphatic carbocycles. The summed E-state index contributed by atoms with van der Waals surface area (Å²) in [4.78, 5) is 26.2. The topological polar surface area (TPSA) is 54.4 Å². The number of aliphatic hydroxyl groups excluding tert-OH is 1. The molecule has 3 nitrogen and oxygen atoms in total. The highest BCUT2D eigenvalue weighted by molar-refractivity contribution is 6.22. The Hall–Kier alpha value is -0.960. The number of Topliss-reactive ketones (excluding diaryl/α,β-unsaturated/α-hetero) is 2. The predicted octanol–water partition coefficient (Wildman–Crippen LogP) is 2.52. The maximum absolute atomic E-state index is 13.2.